The Bertz CT molecular complexity index is 326. The number of hydrogen-bond acceptors (Lipinski definition) is 3. The molecule has 0 spiro atoms. The van der Waals surface area contributed by atoms with Crippen LogP contribution in [0.15, 0.2) is 11.0 Å². The lowest BCUT2D eigenvalue weighted by Crippen LogP contribution is -2.22. The van der Waals surface area contributed by atoms with Crippen molar-refractivity contribution in [3.05, 3.63) is 22.4 Å². The molecule has 1 heterocycles. The number of rotatable bonds is 2. The maximum atomic E-state index is 11.2. The van der Waals surface area contributed by atoms with E-state index in [2.05, 4.69) is 0 Å². The van der Waals surface area contributed by atoms with Crippen molar-refractivity contribution in [2.24, 2.45) is 19.8 Å². The Morgan fingerprint density at radius 2 is 2.25 bits per heavy atom. The van der Waals surface area contributed by atoms with Crippen LogP contribution in [0.4, 0.5) is 0 Å². The van der Waals surface area contributed by atoms with Gasteiger partial charge in [0.05, 0.1) is 5.69 Å². The highest BCUT2D eigenvalue weighted by Gasteiger charge is 2.12. The molecule has 0 aliphatic carbocycles. The van der Waals surface area contributed by atoms with Gasteiger partial charge in [-0.2, -0.15) is 0 Å². The Hall–Kier alpha value is -1.07. The average Bonchev–Trinajstić information content (AvgIpc) is 2.32. The maximum absolute atomic E-state index is 11.2. The Labute approximate surface area is 70.0 Å². The second-order valence-electron chi connectivity index (χ2n) is 2.76. The molecule has 0 amide bonds. The van der Waals surface area contributed by atoms with Gasteiger partial charge in [-0.05, 0) is 0 Å². The zero-order valence-electron chi connectivity index (χ0n) is 7.19. The minimum Gasteiger partial charge on any atom is -0.385 e. The number of aliphatic hydroxyl groups excluding tert-OH is 1. The summed E-state index contributed by atoms with van der Waals surface area (Å²) in [6, 6.07) is 0. The molecule has 5 heteroatoms. The molecule has 1 unspecified atom stereocenters. The van der Waals surface area contributed by atoms with Crippen LogP contribution < -0.4 is 11.4 Å². The smallest absolute Gasteiger partial charge is 0.327 e. The first-order valence-corrected chi connectivity index (χ1v) is 3.68. The molecule has 1 atom stereocenters. The van der Waals surface area contributed by atoms with E-state index in [1.807, 2.05) is 0 Å². The minimum absolute atomic E-state index is 0.122. The number of aromatic nitrogens is 2. The number of imidazole rings is 1. The number of hydrogen-bond donors (Lipinski definition) is 2. The van der Waals surface area contributed by atoms with Gasteiger partial charge in [0.15, 0.2) is 0 Å². The lowest BCUT2D eigenvalue weighted by Gasteiger charge is -2.06. The molecular formula is C7H13N3O2. The van der Waals surface area contributed by atoms with E-state index >= 15 is 0 Å². The van der Waals surface area contributed by atoms with Crippen LogP contribution in [-0.2, 0) is 14.1 Å². The Balaban J connectivity index is 3.18. The van der Waals surface area contributed by atoms with E-state index in [4.69, 9.17) is 5.73 Å². The second kappa shape index (κ2) is 3.12. The van der Waals surface area contributed by atoms with Crippen LogP contribution in [0.5, 0.6) is 0 Å². The number of nitrogens with zero attached hydrogens (tertiary/aromatic N) is 2. The second-order valence-corrected chi connectivity index (χ2v) is 2.76. The Morgan fingerprint density at radius 3 is 2.58 bits per heavy atom. The van der Waals surface area contributed by atoms with Crippen molar-refractivity contribution in [2.75, 3.05) is 6.54 Å². The molecule has 0 fully saturated rings. The highest BCUT2D eigenvalue weighted by molar-refractivity contribution is 5.03. The third kappa shape index (κ3) is 1.28. The van der Waals surface area contributed by atoms with Crippen molar-refractivity contribution in [1.82, 2.24) is 9.13 Å². The summed E-state index contributed by atoms with van der Waals surface area (Å²) in [5, 5.41) is 9.35. The van der Waals surface area contributed by atoms with Gasteiger partial charge in [0.1, 0.15) is 6.10 Å². The van der Waals surface area contributed by atoms with E-state index in [0.717, 1.165) is 0 Å². The highest BCUT2D eigenvalue weighted by Crippen LogP contribution is 2.07. The van der Waals surface area contributed by atoms with Gasteiger partial charge < -0.3 is 15.4 Å². The standard InChI is InChI=1S/C7H13N3O2/c1-9-4-5(6(11)3-8)10(2)7(9)12/h4,6,11H,3,8H2,1-2H3. The van der Waals surface area contributed by atoms with Gasteiger partial charge in [0.25, 0.3) is 0 Å². The van der Waals surface area contributed by atoms with Crippen LogP contribution in [-0.4, -0.2) is 20.8 Å². The first-order chi connectivity index (χ1) is 5.57. The minimum atomic E-state index is -0.760. The normalized spacial score (nSPS) is 13.3. The van der Waals surface area contributed by atoms with Gasteiger partial charge in [-0.25, -0.2) is 4.79 Å². The third-order valence-electron chi connectivity index (χ3n) is 1.87. The van der Waals surface area contributed by atoms with Gasteiger partial charge in [0, 0.05) is 26.8 Å². The SMILES string of the molecule is Cn1cc(C(O)CN)n(C)c1=O. The van der Waals surface area contributed by atoms with E-state index < -0.39 is 6.10 Å². The summed E-state index contributed by atoms with van der Waals surface area (Å²) in [5.74, 6) is 0. The monoisotopic (exact) mass is 171 g/mol. The van der Waals surface area contributed by atoms with Crippen LogP contribution in [0.25, 0.3) is 0 Å². The van der Waals surface area contributed by atoms with Gasteiger partial charge in [-0.1, -0.05) is 0 Å². The summed E-state index contributed by atoms with van der Waals surface area (Å²) < 4.78 is 2.80. The van der Waals surface area contributed by atoms with E-state index in [1.54, 1.807) is 20.3 Å². The van der Waals surface area contributed by atoms with E-state index in [0.29, 0.717) is 5.69 Å². The lowest BCUT2D eigenvalue weighted by atomic mass is 10.3. The molecule has 1 rings (SSSR count). The molecule has 0 aliphatic heterocycles. The molecule has 1 aromatic heterocycles. The lowest BCUT2D eigenvalue weighted by molar-refractivity contribution is 0.178. The first-order valence-electron chi connectivity index (χ1n) is 3.68. The van der Waals surface area contributed by atoms with Crippen molar-refractivity contribution >= 4 is 0 Å². The molecule has 0 aliphatic rings. The van der Waals surface area contributed by atoms with Crippen LogP contribution in [0.3, 0.4) is 0 Å². The van der Waals surface area contributed by atoms with Crippen LogP contribution in [0.2, 0.25) is 0 Å². The molecule has 68 valence electrons. The molecule has 12 heavy (non-hydrogen) atoms. The van der Waals surface area contributed by atoms with Gasteiger partial charge in [-0.3, -0.25) is 4.57 Å². The van der Waals surface area contributed by atoms with Crippen LogP contribution in [0, 0.1) is 0 Å². The first kappa shape index (κ1) is 9.02. The molecule has 0 radical (unpaired) electrons. The van der Waals surface area contributed by atoms with E-state index in [9.17, 15) is 9.90 Å². The predicted octanol–water partition coefficient (Wildman–Crippen LogP) is -1.28. The fraction of sp³-hybridized carbons (Fsp3) is 0.571. The predicted molar refractivity (Wildman–Crippen MR) is 44.7 cm³/mol. The van der Waals surface area contributed by atoms with Crippen molar-refractivity contribution in [3.63, 3.8) is 0 Å². The van der Waals surface area contributed by atoms with E-state index in [-0.39, 0.29) is 12.2 Å². The quantitative estimate of drug-likeness (QED) is 0.582. The molecule has 3 N–H and O–H groups in total. The highest BCUT2D eigenvalue weighted by atomic mass is 16.3. The fourth-order valence-corrected chi connectivity index (χ4v) is 1.12. The third-order valence-corrected chi connectivity index (χ3v) is 1.87. The molecular weight excluding hydrogens is 158 g/mol. The zero-order chi connectivity index (χ0) is 9.30. The summed E-state index contributed by atoms with van der Waals surface area (Å²) in [7, 11) is 3.24. The van der Waals surface area contributed by atoms with Crippen molar-refractivity contribution in [1.29, 1.82) is 0 Å². The number of aryl methyl sites for hydroxylation is 1. The summed E-state index contributed by atoms with van der Waals surface area (Å²) in [6.45, 7) is 0.122. The molecule has 0 aromatic carbocycles. The molecule has 0 saturated carbocycles. The van der Waals surface area contributed by atoms with Crippen molar-refractivity contribution < 1.29 is 5.11 Å². The van der Waals surface area contributed by atoms with Gasteiger partial charge in [0.2, 0.25) is 0 Å². The molecule has 0 bridgehead atoms. The van der Waals surface area contributed by atoms with Crippen molar-refractivity contribution in [2.45, 2.75) is 6.10 Å². The Morgan fingerprint density at radius 1 is 1.67 bits per heavy atom. The topological polar surface area (TPSA) is 73.2 Å². The molecule has 0 saturated heterocycles. The average molecular weight is 171 g/mol. The summed E-state index contributed by atoms with van der Waals surface area (Å²) in [6.07, 6.45) is 0.823. The zero-order valence-corrected chi connectivity index (χ0v) is 7.19. The summed E-state index contributed by atoms with van der Waals surface area (Å²) >= 11 is 0. The fourth-order valence-electron chi connectivity index (χ4n) is 1.12. The number of aliphatic hydroxyl groups is 1. The maximum Gasteiger partial charge on any atom is 0.327 e. The summed E-state index contributed by atoms with van der Waals surface area (Å²) in [5.41, 5.74) is 5.65. The van der Waals surface area contributed by atoms with E-state index in [1.165, 1.54) is 9.13 Å². The number of nitrogens with two attached hydrogens (primary N) is 1. The Kier molecular flexibility index (Phi) is 2.35. The van der Waals surface area contributed by atoms with Gasteiger partial charge in [-0.15, -0.1) is 0 Å². The summed E-state index contributed by atoms with van der Waals surface area (Å²) in [4.78, 5) is 11.2. The van der Waals surface area contributed by atoms with Crippen LogP contribution in [0.1, 0.15) is 11.8 Å². The van der Waals surface area contributed by atoms with Crippen molar-refractivity contribution in [3.8, 4) is 0 Å². The van der Waals surface area contributed by atoms with Gasteiger partial charge >= 0.3 is 5.69 Å². The van der Waals surface area contributed by atoms with Crippen LogP contribution >= 0.6 is 0 Å². The largest absolute Gasteiger partial charge is 0.385 e. The molecule has 5 nitrogen and oxygen atoms in total. The molecule has 1 aromatic rings.